The fourth-order valence-electron chi connectivity index (χ4n) is 2.78. The van der Waals surface area contributed by atoms with Crippen molar-refractivity contribution >= 4 is 28.2 Å². The lowest BCUT2D eigenvalue weighted by Crippen LogP contribution is -2.35. The lowest BCUT2D eigenvalue weighted by molar-refractivity contribution is 0.621. The van der Waals surface area contributed by atoms with Crippen LogP contribution in [0.3, 0.4) is 0 Å². The van der Waals surface area contributed by atoms with Crippen LogP contribution in [-0.4, -0.2) is 24.1 Å². The zero-order valence-corrected chi connectivity index (χ0v) is 11.6. The van der Waals surface area contributed by atoms with E-state index >= 15 is 0 Å². The molecule has 3 nitrogen and oxygen atoms in total. The molecule has 0 bridgehead atoms. The molecule has 100 valence electrons. The van der Waals surface area contributed by atoms with Crippen LogP contribution < -0.4 is 10.6 Å². The Labute approximate surface area is 118 Å². The Kier molecular flexibility index (Phi) is 3.58. The van der Waals surface area contributed by atoms with Gasteiger partial charge in [0.2, 0.25) is 0 Å². The van der Waals surface area contributed by atoms with Crippen LogP contribution in [0.25, 0.3) is 10.9 Å². The minimum absolute atomic E-state index is 0.262. The summed E-state index contributed by atoms with van der Waals surface area (Å²) in [5.74, 6) is 0. The number of rotatable bonds is 1. The quantitative estimate of drug-likeness (QED) is 0.869. The van der Waals surface area contributed by atoms with Gasteiger partial charge in [-0.15, -0.1) is 0 Å². The van der Waals surface area contributed by atoms with Gasteiger partial charge in [0.15, 0.2) is 0 Å². The molecule has 0 radical (unpaired) electrons. The first-order valence-corrected chi connectivity index (χ1v) is 7.16. The van der Waals surface area contributed by atoms with Gasteiger partial charge in [-0.1, -0.05) is 18.0 Å². The number of fused-ring (bicyclic) bond motifs is 1. The van der Waals surface area contributed by atoms with Crippen molar-refractivity contribution < 1.29 is 0 Å². The number of halogens is 1. The SMILES string of the molecule is NC1CCCCN(c2ccnc3cc(Cl)ccc23)C1. The third-order valence-corrected chi connectivity index (χ3v) is 3.97. The molecule has 1 aliphatic rings. The molecule has 2 aromatic rings. The van der Waals surface area contributed by atoms with Crippen molar-refractivity contribution in [3.05, 3.63) is 35.5 Å². The molecule has 1 saturated heterocycles. The highest BCUT2D eigenvalue weighted by atomic mass is 35.5. The fourth-order valence-corrected chi connectivity index (χ4v) is 2.94. The van der Waals surface area contributed by atoms with E-state index in [0.717, 1.165) is 35.4 Å². The van der Waals surface area contributed by atoms with E-state index in [0.29, 0.717) is 0 Å². The highest BCUT2D eigenvalue weighted by molar-refractivity contribution is 6.31. The molecule has 1 fully saturated rings. The first-order chi connectivity index (χ1) is 9.24. The largest absolute Gasteiger partial charge is 0.369 e. The zero-order valence-electron chi connectivity index (χ0n) is 10.8. The summed E-state index contributed by atoms with van der Waals surface area (Å²) in [5, 5.41) is 1.88. The van der Waals surface area contributed by atoms with Crippen molar-refractivity contribution in [1.82, 2.24) is 4.98 Å². The lowest BCUT2D eigenvalue weighted by atomic mass is 10.1. The second-order valence-electron chi connectivity index (χ2n) is 5.19. The molecule has 19 heavy (non-hydrogen) atoms. The standard InChI is InChI=1S/C15H18ClN3/c16-11-4-5-13-14(9-11)18-7-6-15(13)19-8-2-1-3-12(17)10-19/h4-7,9,12H,1-3,8,10,17H2. The fraction of sp³-hybridized carbons (Fsp3) is 0.400. The Morgan fingerprint density at radius 1 is 1.26 bits per heavy atom. The van der Waals surface area contributed by atoms with Crippen LogP contribution in [0.5, 0.6) is 0 Å². The average Bonchev–Trinajstić information content (AvgIpc) is 2.62. The van der Waals surface area contributed by atoms with Crippen molar-refractivity contribution in [2.45, 2.75) is 25.3 Å². The van der Waals surface area contributed by atoms with E-state index in [1.54, 1.807) is 0 Å². The molecule has 0 amide bonds. The number of nitrogens with two attached hydrogens (primary N) is 1. The number of anilines is 1. The van der Waals surface area contributed by atoms with Crippen LogP contribution in [0.2, 0.25) is 5.02 Å². The van der Waals surface area contributed by atoms with Gasteiger partial charge in [-0.25, -0.2) is 0 Å². The van der Waals surface area contributed by atoms with Crippen molar-refractivity contribution in [3.63, 3.8) is 0 Å². The van der Waals surface area contributed by atoms with E-state index in [1.165, 1.54) is 18.5 Å². The van der Waals surface area contributed by atoms with Crippen molar-refractivity contribution in [1.29, 1.82) is 0 Å². The molecule has 0 spiro atoms. The lowest BCUT2D eigenvalue weighted by Gasteiger charge is -2.26. The first-order valence-electron chi connectivity index (χ1n) is 6.79. The molecule has 2 N–H and O–H groups in total. The summed E-state index contributed by atoms with van der Waals surface area (Å²) < 4.78 is 0. The van der Waals surface area contributed by atoms with E-state index in [2.05, 4.69) is 22.0 Å². The van der Waals surface area contributed by atoms with Gasteiger partial charge < -0.3 is 10.6 Å². The van der Waals surface area contributed by atoms with Crippen LogP contribution in [0, 0.1) is 0 Å². The molecular formula is C15H18ClN3. The minimum Gasteiger partial charge on any atom is -0.369 e. The highest BCUT2D eigenvalue weighted by Crippen LogP contribution is 2.28. The molecule has 1 aliphatic heterocycles. The Balaban J connectivity index is 2.03. The molecule has 0 aliphatic carbocycles. The van der Waals surface area contributed by atoms with E-state index in [4.69, 9.17) is 17.3 Å². The minimum atomic E-state index is 0.262. The van der Waals surface area contributed by atoms with Gasteiger partial charge in [0.05, 0.1) is 5.52 Å². The van der Waals surface area contributed by atoms with Gasteiger partial charge in [-0.2, -0.15) is 0 Å². The predicted molar refractivity (Wildman–Crippen MR) is 80.8 cm³/mol. The summed E-state index contributed by atoms with van der Waals surface area (Å²) >= 11 is 6.03. The number of nitrogens with zero attached hydrogens (tertiary/aromatic N) is 2. The number of pyridine rings is 1. The van der Waals surface area contributed by atoms with Gasteiger partial charge >= 0.3 is 0 Å². The van der Waals surface area contributed by atoms with Gasteiger partial charge in [-0.05, 0) is 37.1 Å². The molecule has 1 aromatic carbocycles. The Bertz CT molecular complexity index is 585. The van der Waals surface area contributed by atoms with E-state index < -0.39 is 0 Å². The third-order valence-electron chi connectivity index (χ3n) is 3.73. The maximum absolute atomic E-state index is 6.15. The molecule has 3 rings (SSSR count). The van der Waals surface area contributed by atoms with Crippen LogP contribution in [0.4, 0.5) is 5.69 Å². The van der Waals surface area contributed by atoms with Crippen LogP contribution in [0.15, 0.2) is 30.5 Å². The Hall–Kier alpha value is -1.32. The second kappa shape index (κ2) is 5.35. The molecule has 0 saturated carbocycles. The summed E-state index contributed by atoms with van der Waals surface area (Å²) in [5.41, 5.74) is 8.32. The Morgan fingerprint density at radius 2 is 2.16 bits per heavy atom. The first kappa shape index (κ1) is 12.7. The normalized spacial score (nSPS) is 20.5. The molecule has 1 atom stereocenters. The molecule has 2 heterocycles. The third kappa shape index (κ3) is 2.67. The van der Waals surface area contributed by atoms with Crippen LogP contribution >= 0.6 is 11.6 Å². The summed E-state index contributed by atoms with van der Waals surface area (Å²) in [6.45, 7) is 1.98. The maximum Gasteiger partial charge on any atom is 0.0737 e. The number of hydrogen-bond acceptors (Lipinski definition) is 3. The smallest absolute Gasteiger partial charge is 0.0737 e. The predicted octanol–water partition coefficient (Wildman–Crippen LogP) is 3.21. The van der Waals surface area contributed by atoms with Crippen molar-refractivity contribution in [2.75, 3.05) is 18.0 Å². The summed E-state index contributed by atoms with van der Waals surface area (Å²) in [6, 6.07) is 8.23. The highest BCUT2D eigenvalue weighted by Gasteiger charge is 2.17. The molecular weight excluding hydrogens is 258 g/mol. The molecule has 1 unspecified atom stereocenters. The topological polar surface area (TPSA) is 42.1 Å². The van der Waals surface area contributed by atoms with Crippen molar-refractivity contribution in [2.24, 2.45) is 5.73 Å². The summed E-state index contributed by atoms with van der Waals surface area (Å²) in [6.07, 6.45) is 5.38. The van der Waals surface area contributed by atoms with E-state index in [9.17, 15) is 0 Å². The maximum atomic E-state index is 6.15. The number of aromatic nitrogens is 1. The van der Waals surface area contributed by atoms with E-state index in [1.807, 2.05) is 18.3 Å². The van der Waals surface area contributed by atoms with Crippen LogP contribution in [0.1, 0.15) is 19.3 Å². The van der Waals surface area contributed by atoms with Gasteiger partial charge in [-0.3, -0.25) is 4.98 Å². The zero-order chi connectivity index (χ0) is 13.2. The average molecular weight is 276 g/mol. The number of hydrogen-bond donors (Lipinski definition) is 1. The van der Waals surface area contributed by atoms with Gasteiger partial charge in [0.25, 0.3) is 0 Å². The molecule has 4 heteroatoms. The van der Waals surface area contributed by atoms with Crippen molar-refractivity contribution in [3.8, 4) is 0 Å². The van der Waals surface area contributed by atoms with E-state index in [-0.39, 0.29) is 6.04 Å². The number of benzene rings is 1. The van der Waals surface area contributed by atoms with Gasteiger partial charge in [0, 0.05) is 41.4 Å². The van der Waals surface area contributed by atoms with Crippen LogP contribution in [-0.2, 0) is 0 Å². The second-order valence-corrected chi connectivity index (χ2v) is 5.63. The monoisotopic (exact) mass is 275 g/mol. The molecule has 1 aromatic heterocycles. The Morgan fingerprint density at radius 3 is 3.05 bits per heavy atom. The van der Waals surface area contributed by atoms with Gasteiger partial charge in [0.1, 0.15) is 0 Å². The summed E-state index contributed by atoms with van der Waals surface area (Å²) in [7, 11) is 0. The summed E-state index contributed by atoms with van der Waals surface area (Å²) in [4.78, 5) is 6.78.